The molecule has 0 amide bonds. The Bertz CT molecular complexity index is 2510. The van der Waals surface area contributed by atoms with Crippen molar-refractivity contribution < 1.29 is 4.42 Å². The Morgan fingerprint density at radius 2 is 0.667 bits per heavy atom. The fourth-order valence-corrected chi connectivity index (χ4v) is 6.68. The molecule has 0 unspecified atom stereocenters. The highest BCUT2D eigenvalue weighted by atomic mass is 16.4. The largest absolute Gasteiger partial charge is 0.440 e. The van der Waals surface area contributed by atoms with Gasteiger partial charge in [0.2, 0.25) is 5.88 Å². The summed E-state index contributed by atoms with van der Waals surface area (Å²) in [7, 11) is 0. The first kappa shape index (κ1) is 27.9. The molecule has 0 fully saturated rings. The number of benzene rings is 8. The first-order chi connectivity index (χ1) is 23.7. The molecule has 0 aliphatic carbocycles. The molecular weight excluding hydrogens is 583 g/mol. The lowest BCUT2D eigenvalue weighted by molar-refractivity contribution is 0.621. The van der Waals surface area contributed by atoms with Crippen LogP contribution in [-0.2, 0) is 0 Å². The Morgan fingerprint density at radius 1 is 0.292 bits per heavy atom. The fourth-order valence-electron chi connectivity index (χ4n) is 6.68. The summed E-state index contributed by atoms with van der Waals surface area (Å²) in [5.41, 5.74) is 10.1. The first-order valence-corrected chi connectivity index (χ1v) is 16.3. The standard InChI is InChI=1S/C46H31NO/c1-3-9-38-29-40(19-17-32(38)7-1)36-15-13-34(14-16-36)35-21-25-43(26-22-35)47(46-31-42-11-5-6-12-45(42)48-46)44-27-23-37(24-28-44)41-20-18-33-8-2-4-10-39(33)30-41/h1-31H. The van der Waals surface area contributed by atoms with Crippen molar-refractivity contribution in [1.82, 2.24) is 0 Å². The summed E-state index contributed by atoms with van der Waals surface area (Å²) in [5, 5.41) is 6.08. The Balaban J connectivity index is 1.04. The molecule has 226 valence electrons. The minimum Gasteiger partial charge on any atom is -0.440 e. The molecule has 0 aliphatic heterocycles. The number of anilines is 3. The molecule has 0 radical (unpaired) electrons. The molecule has 1 heterocycles. The number of para-hydroxylation sites is 1. The molecule has 0 saturated carbocycles. The van der Waals surface area contributed by atoms with Gasteiger partial charge in [0.1, 0.15) is 5.58 Å². The number of hydrogen-bond acceptors (Lipinski definition) is 2. The third kappa shape index (κ3) is 5.20. The van der Waals surface area contributed by atoms with Gasteiger partial charge in [0, 0.05) is 22.8 Å². The lowest BCUT2D eigenvalue weighted by atomic mass is 9.98. The fraction of sp³-hybridized carbons (Fsp3) is 0. The van der Waals surface area contributed by atoms with Crippen LogP contribution in [0.5, 0.6) is 0 Å². The van der Waals surface area contributed by atoms with Gasteiger partial charge in [-0.05, 0) is 97.4 Å². The summed E-state index contributed by atoms with van der Waals surface area (Å²) in [4.78, 5) is 2.19. The van der Waals surface area contributed by atoms with Crippen LogP contribution in [0.1, 0.15) is 0 Å². The lowest BCUT2D eigenvalue weighted by Crippen LogP contribution is -2.08. The topological polar surface area (TPSA) is 16.4 Å². The predicted molar refractivity (Wildman–Crippen MR) is 202 cm³/mol. The SMILES string of the molecule is c1ccc2cc(-c3ccc(-c4ccc(N(c5ccc(-c6ccc7ccccc7c6)cc5)c5cc6ccccc6o5)cc4)cc3)ccc2c1. The van der Waals surface area contributed by atoms with E-state index in [4.69, 9.17) is 4.42 Å². The molecule has 9 aromatic rings. The van der Waals surface area contributed by atoms with Crippen molar-refractivity contribution in [2.75, 3.05) is 4.90 Å². The second-order valence-electron chi connectivity index (χ2n) is 12.3. The lowest BCUT2D eigenvalue weighted by Gasteiger charge is -2.23. The Hall–Kier alpha value is -6.38. The third-order valence-corrected chi connectivity index (χ3v) is 9.27. The minimum absolute atomic E-state index is 0.780. The minimum atomic E-state index is 0.780. The van der Waals surface area contributed by atoms with Crippen LogP contribution < -0.4 is 4.90 Å². The van der Waals surface area contributed by atoms with Crippen molar-refractivity contribution in [3.8, 4) is 33.4 Å². The monoisotopic (exact) mass is 613 g/mol. The summed E-state index contributed by atoms with van der Waals surface area (Å²) in [5.74, 6) is 0.780. The average molecular weight is 614 g/mol. The normalized spacial score (nSPS) is 11.3. The molecule has 0 N–H and O–H groups in total. The summed E-state index contributed by atoms with van der Waals surface area (Å²) < 4.78 is 6.42. The summed E-state index contributed by atoms with van der Waals surface area (Å²) in [6.45, 7) is 0. The van der Waals surface area contributed by atoms with Gasteiger partial charge < -0.3 is 4.42 Å². The quantitative estimate of drug-likeness (QED) is 0.185. The van der Waals surface area contributed by atoms with E-state index in [0.29, 0.717) is 0 Å². The van der Waals surface area contributed by atoms with Gasteiger partial charge in [-0.25, -0.2) is 0 Å². The molecule has 2 nitrogen and oxygen atoms in total. The third-order valence-electron chi connectivity index (χ3n) is 9.27. The zero-order valence-corrected chi connectivity index (χ0v) is 26.3. The smallest absolute Gasteiger partial charge is 0.205 e. The van der Waals surface area contributed by atoms with Gasteiger partial charge >= 0.3 is 0 Å². The maximum atomic E-state index is 6.42. The summed E-state index contributed by atoms with van der Waals surface area (Å²) in [6, 6.07) is 66.9. The van der Waals surface area contributed by atoms with Gasteiger partial charge in [-0.15, -0.1) is 0 Å². The molecule has 8 aromatic carbocycles. The van der Waals surface area contributed by atoms with Crippen LogP contribution in [0.4, 0.5) is 17.3 Å². The van der Waals surface area contributed by atoms with Gasteiger partial charge in [0.05, 0.1) is 0 Å². The molecule has 1 aromatic heterocycles. The number of furan rings is 1. The van der Waals surface area contributed by atoms with Gasteiger partial charge in [0.15, 0.2) is 0 Å². The Labute approximate surface area is 279 Å². The number of hydrogen-bond donors (Lipinski definition) is 0. The molecule has 2 heteroatoms. The van der Waals surface area contributed by atoms with Gasteiger partial charge in [-0.2, -0.15) is 0 Å². The van der Waals surface area contributed by atoms with Gasteiger partial charge in [0.25, 0.3) is 0 Å². The Morgan fingerprint density at radius 3 is 1.15 bits per heavy atom. The van der Waals surface area contributed by atoms with Crippen LogP contribution >= 0.6 is 0 Å². The van der Waals surface area contributed by atoms with E-state index in [1.54, 1.807) is 0 Å². The van der Waals surface area contributed by atoms with Crippen molar-refractivity contribution in [3.63, 3.8) is 0 Å². The van der Waals surface area contributed by atoms with E-state index in [2.05, 4.69) is 175 Å². The van der Waals surface area contributed by atoms with E-state index in [0.717, 1.165) is 28.2 Å². The molecule has 0 aliphatic rings. The van der Waals surface area contributed by atoms with Crippen LogP contribution in [0.15, 0.2) is 192 Å². The highest BCUT2D eigenvalue weighted by molar-refractivity contribution is 5.90. The summed E-state index contributed by atoms with van der Waals surface area (Å²) in [6.07, 6.45) is 0. The zero-order valence-electron chi connectivity index (χ0n) is 26.3. The number of fused-ring (bicyclic) bond motifs is 3. The predicted octanol–water partition coefficient (Wildman–Crippen LogP) is 13.2. The first-order valence-electron chi connectivity index (χ1n) is 16.3. The maximum Gasteiger partial charge on any atom is 0.205 e. The van der Waals surface area contributed by atoms with E-state index in [9.17, 15) is 0 Å². The number of nitrogens with zero attached hydrogens (tertiary/aromatic N) is 1. The molecule has 0 atom stereocenters. The van der Waals surface area contributed by atoms with Crippen molar-refractivity contribution in [2.45, 2.75) is 0 Å². The van der Waals surface area contributed by atoms with Crippen molar-refractivity contribution in [3.05, 3.63) is 188 Å². The van der Waals surface area contributed by atoms with E-state index < -0.39 is 0 Å². The molecule has 0 spiro atoms. The molecular formula is C46H31NO. The van der Waals surface area contributed by atoms with Crippen LogP contribution in [0.25, 0.3) is 65.9 Å². The second-order valence-corrected chi connectivity index (χ2v) is 12.3. The summed E-state index contributed by atoms with van der Waals surface area (Å²) >= 11 is 0. The maximum absolute atomic E-state index is 6.42. The van der Waals surface area contributed by atoms with Crippen molar-refractivity contribution in [1.29, 1.82) is 0 Å². The van der Waals surface area contributed by atoms with Crippen molar-refractivity contribution >= 4 is 49.8 Å². The average Bonchev–Trinajstić information content (AvgIpc) is 3.59. The van der Waals surface area contributed by atoms with E-state index in [-0.39, 0.29) is 0 Å². The number of rotatable bonds is 6. The molecule has 0 saturated heterocycles. The Kier molecular flexibility index (Phi) is 6.84. The highest BCUT2D eigenvalue weighted by Gasteiger charge is 2.17. The van der Waals surface area contributed by atoms with Crippen LogP contribution in [0, 0.1) is 0 Å². The van der Waals surface area contributed by atoms with E-state index >= 15 is 0 Å². The van der Waals surface area contributed by atoms with Gasteiger partial charge in [-0.3, -0.25) is 4.90 Å². The van der Waals surface area contributed by atoms with Crippen molar-refractivity contribution in [2.24, 2.45) is 0 Å². The van der Waals surface area contributed by atoms with Crippen LogP contribution in [0.2, 0.25) is 0 Å². The highest BCUT2D eigenvalue weighted by Crippen LogP contribution is 2.39. The molecule has 9 rings (SSSR count). The van der Waals surface area contributed by atoms with E-state index in [1.165, 1.54) is 54.9 Å². The van der Waals surface area contributed by atoms with Crippen LogP contribution in [-0.4, -0.2) is 0 Å². The zero-order chi connectivity index (χ0) is 31.9. The second kappa shape index (κ2) is 11.8. The van der Waals surface area contributed by atoms with Crippen LogP contribution in [0.3, 0.4) is 0 Å². The molecule has 48 heavy (non-hydrogen) atoms. The van der Waals surface area contributed by atoms with Gasteiger partial charge in [-0.1, -0.05) is 140 Å². The molecule has 0 bridgehead atoms. The van der Waals surface area contributed by atoms with E-state index in [1.807, 2.05) is 18.2 Å².